The second-order valence-electron chi connectivity index (χ2n) is 7.62. The van der Waals surface area contributed by atoms with Crippen LogP contribution in [0.15, 0.2) is 36.5 Å². The Bertz CT molecular complexity index is 1000. The number of piperidine rings is 1. The van der Waals surface area contributed by atoms with Gasteiger partial charge in [-0.05, 0) is 48.6 Å². The highest BCUT2D eigenvalue weighted by Gasteiger charge is 2.39. The summed E-state index contributed by atoms with van der Waals surface area (Å²) in [7, 11) is 0. The largest absolute Gasteiger partial charge is 0.503 e. The van der Waals surface area contributed by atoms with Crippen molar-refractivity contribution in [3.05, 3.63) is 48.2 Å². The molecule has 3 heterocycles. The number of hydrogen-bond acceptors (Lipinski definition) is 4. The quantitative estimate of drug-likeness (QED) is 0.727. The van der Waals surface area contributed by atoms with Crippen LogP contribution in [0.2, 0.25) is 0 Å². The van der Waals surface area contributed by atoms with Crippen LogP contribution in [-0.4, -0.2) is 41.1 Å². The van der Waals surface area contributed by atoms with Crippen molar-refractivity contribution in [1.29, 1.82) is 0 Å². The third-order valence-electron chi connectivity index (χ3n) is 6.01. The van der Waals surface area contributed by atoms with E-state index in [0.29, 0.717) is 16.5 Å². The van der Waals surface area contributed by atoms with Crippen LogP contribution < -0.4 is 10.2 Å². The molecule has 0 saturated carbocycles. The molecule has 5 nitrogen and oxygen atoms in total. The molecule has 3 aromatic rings. The van der Waals surface area contributed by atoms with Gasteiger partial charge in [-0.1, -0.05) is 0 Å². The molecule has 0 aliphatic carbocycles. The molecule has 2 aliphatic heterocycles. The molecule has 1 aromatic heterocycles. The molecule has 140 valence electrons. The first-order valence-corrected chi connectivity index (χ1v) is 9.17. The third-order valence-corrected chi connectivity index (χ3v) is 6.01. The van der Waals surface area contributed by atoms with Crippen LogP contribution in [-0.2, 0) is 0 Å². The number of rotatable bonds is 2. The van der Waals surface area contributed by atoms with E-state index in [4.69, 9.17) is 0 Å². The Hall–Kier alpha value is -2.67. The van der Waals surface area contributed by atoms with Crippen LogP contribution in [0.1, 0.15) is 12.8 Å². The van der Waals surface area contributed by atoms with Crippen molar-refractivity contribution in [3.63, 3.8) is 0 Å². The van der Waals surface area contributed by atoms with E-state index >= 15 is 0 Å². The van der Waals surface area contributed by atoms with Gasteiger partial charge in [-0.3, -0.25) is 0 Å². The second-order valence-corrected chi connectivity index (χ2v) is 7.62. The zero-order valence-corrected chi connectivity index (χ0v) is 14.8. The van der Waals surface area contributed by atoms with Crippen molar-refractivity contribution in [2.75, 3.05) is 31.1 Å². The summed E-state index contributed by atoms with van der Waals surface area (Å²) in [5.41, 5.74) is 2.36. The molecule has 1 spiro atoms. The number of aromatic nitrogens is 2. The number of phenolic OH excluding ortho intramolecular Hbond substituents is 1. The van der Waals surface area contributed by atoms with Crippen LogP contribution in [0.4, 0.5) is 14.5 Å². The molecule has 2 N–H and O–H groups in total. The summed E-state index contributed by atoms with van der Waals surface area (Å²) in [6, 6.07) is 8.83. The maximum atomic E-state index is 14.4. The first-order valence-electron chi connectivity index (χ1n) is 9.17. The summed E-state index contributed by atoms with van der Waals surface area (Å²) >= 11 is 0. The molecular weight excluding hydrogens is 350 g/mol. The number of hydrogen-bond donors (Lipinski definition) is 2. The molecule has 0 atom stereocenters. The van der Waals surface area contributed by atoms with Gasteiger partial charge in [-0.15, -0.1) is 0 Å². The van der Waals surface area contributed by atoms with Crippen LogP contribution in [0, 0.1) is 17.0 Å². The number of aromatic hydroxyl groups is 1. The van der Waals surface area contributed by atoms with Gasteiger partial charge in [-0.2, -0.15) is 5.10 Å². The van der Waals surface area contributed by atoms with Gasteiger partial charge >= 0.3 is 0 Å². The van der Waals surface area contributed by atoms with Crippen molar-refractivity contribution in [1.82, 2.24) is 15.1 Å². The lowest BCUT2D eigenvalue weighted by Crippen LogP contribution is -2.58. The molecule has 2 saturated heterocycles. The summed E-state index contributed by atoms with van der Waals surface area (Å²) in [6.45, 7) is 4.33. The highest BCUT2D eigenvalue weighted by molar-refractivity contribution is 5.82. The molecule has 0 amide bonds. The van der Waals surface area contributed by atoms with E-state index in [1.807, 2.05) is 24.3 Å². The van der Waals surface area contributed by atoms with Gasteiger partial charge in [0.15, 0.2) is 17.4 Å². The number of nitrogens with zero attached hydrogens (tertiary/aromatic N) is 3. The average Bonchev–Trinajstić information content (AvgIpc) is 3.09. The lowest BCUT2D eigenvalue weighted by Gasteiger charge is -2.49. The first-order chi connectivity index (χ1) is 13.1. The van der Waals surface area contributed by atoms with Gasteiger partial charge in [0.1, 0.15) is 5.52 Å². The molecule has 7 heteroatoms. The Morgan fingerprint density at radius 3 is 2.33 bits per heavy atom. The number of fused-ring (bicyclic) bond motifs is 1. The smallest absolute Gasteiger partial charge is 0.194 e. The average molecular weight is 370 g/mol. The van der Waals surface area contributed by atoms with Crippen LogP contribution >= 0.6 is 0 Å². The fraction of sp³-hybridized carbons (Fsp3) is 0.350. The monoisotopic (exact) mass is 370 g/mol. The van der Waals surface area contributed by atoms with Gasteiger partial charge in [0.25, 0.3) is 0 Å². The number of halogens is 2. The number of nitrogens with one attached hydrogen (secondary N) is 1. The van der Waals surface area contributed by atoms with Crippen LogP contribution in [0.3, 0.4) is 0 Å². The third kappa shape index (κ3) is 2.56. The minimum absolute atomic E-state index is 0.0686. The Kier molecular flexibility index (Phi) is 3.62. The van der Waals surface area contributed by atoms with Crippen LogP contribution in [0.5, 0.6) is 5.75 Å². The van der Waals surface area contributed by atoms with Gasteiger partial charge in [0.2, 0.25) is 0 Å². The van der Waals surface area contributed by atoms with Gasteiger partial charge < -0.3 is 15.3 Å². The Morgan fingerprint density at radius 2 is 1.70 bits per heavy atom. The highest BCUT2D eigenvalue weighted by atomic mass is 19.1. The molecule has 27 heavy (non-hydrogen) atoms. The van der Waals surface area contributed by atoms with Gasteiger partial charge in [0, 0.05) is 37.3 Å². The van der Waals surface area contributed by atoms with E-state index in [-0.39, 0.29) is 5.52 Å². The summed E-state index contributed by atoms with van der Waals surface area (Å²) in [6.07, 6.45) is 3.79. The van der Waals surface area contributed by atoms with Crippen molar-refractivity contribution in [2.45, 2.75) is 12.8 Å². The zero-order chi connectivity index (χ0) is 18.6. The van der Waals surface area contributed by atoms with Crippen LogP contribution in [0.25, 0.3) is 16.6 Å². The maximum absolute atomic E-state index is 14.4. The van der Waals surface area contributed by atoms with E-state index in [1.54, 1.807) is 0 Å². The molecule has 0 bridgehead atoms. The molecule has 5 rings (SSSR count). The standard InChI is InChI=1S/C20H20F2N4O/c21-16-9-13-10-24-26(18(13)17(22)19(16)27)15-3-1-14(2-4-15)25-7-5-20(6-8-25)11-23-12-20/h1-4,9-10,23,27H,5-8,11-12H2. The molecule has 2 aliphatic rings. The first kappa shape index (κ1) is 16.5. The predicted molar refractivity (Wildman–Crippen MR) is 99.4 cm³/mol. The van der Waals surface area contributed by atoms with E-state index < -0.39 is 17.4 Å². The van der Waals surface area contributed by atoms with E-state index in [2.05, 4.69) is 15.3 Å². The van der Waals surface area contributed by atoms with Gasteiger partial charge in [-0.25, -0.2) is 13.5 Å². The van der Waals surface area contributed by atoms with Gasteiger partial charge in [0.05, 0.1) is 11.9 Å². The lowest BCUT2D eigenvalue weighted by atomic mass is 9.73. The molecular formula is C20H20F2N4O. The summed E-state index contributed by atoms with van der Waals surface area (Å²) in [4.78, 5) is 2.37. The Morgan fingerprint density at radius 1 is 1.04 bits per heavy atom. The second kappa shape index (κ2) is 5.92. The maximum Gasteiger partial charge on any atom is 0.194 e. The Balaban J connectivity index is 1.42. The summed E-state index contributed by atoms with van der Waals surface area (Å²) in [5, 5.41) is 17.4. The minimum Gasteiger partial charge on any atom is -0.503 e. The zero-order valence-electron chi connectivity index (χ0n) is 14.8. The number of benzene rings is 2. The number of anilines is 1. The Labute approximate surface area is 155 Å². The SMILES string of the molecule is Oc1c(F)cc2cnn(-c3ccc(N4CCC5(CC4)CNC5)cc3)c2c1F. The molecule has 2 fully saturated rings. The molecule has 2 aromatic carbocycles. The topological polar surface area (TPSA) is 53.3 Å². The molecule has 0 unspecified atom stereocenters. The van der Waals surface area contributed by atoms with Crippen molar-refractivity contribution >= 4 is 16.6 Å². The lowest BCUT2D eigenvalue weighted by molar-refractivity contribution is 0.126. The minimum atomic E-state index is -0.998. The molecule has 0 radical (unpaired) electrons. The fourth-order valence-corrected chi connectivity index (χ4v) is 4.18. The van der Waals surface area contributed by atoms with E-state index in [1.165, 1.54) is 23.7 Å². The summed E-state index contributed by atoms with van der Waals surface area (Å²) < 4.78 is 29.3. The predicted octanol–water partition coefficient (Wildman–Crippen LogP) is 3.20. The van der Waals surface area contributed by atoms with Crippen molar-refractivity contribution in [2.24, 2.45) is 5.41 Å². The number of phenols is 1. The van der Waals surface area contributed by atoms with E-state index in [9.17, 15) is 13.9 Å². The van der Waals surface area contributed by atoms with Crippen molar-refractivity contribution < 1.29 is 13.9 Å². The normalized spacial score (nSPS) is 18.8. The van der Waals surface area contributed by atoms with E-state index in [0.717, 1.165) is 37.9 Å². The fourth-order valence-electron chi connectivity index (χ4n) is 4.18. The summed E-state index contributed by atoms with van der Waals surface area (Å²) in [5.74, 6) is -2.96. The highest BCUT2D eigenvalue weighted by Crippen LogP contribution is 2.37. The van der Waals surface area contributed by atoms with Crippen molar-refractivity contribution in [3.8, 4) is 11.4 Å².